The van der Waals surface area contributed by atoms with E-state index < -0.39 is 0 Å². The van der Waals surface area contributed by atoms with Gasteiger partial charge >= 0.3 is 0 Å². The minimum absolute atomic E-state index is 0.114. The third-order valence-corrected chi connectivity index (χ3v) is 10.6. The Labute approximate surface area is 204 Å². The van der Waals surface area contributed by atoms with Gasteiger partial charge in [-0.15, -0.1) is 0 Å². The lowest BCUT2D eigenvalue weighted by Gasteiger charge is -2.58. The van der Waals surface area contributed by atoms with Crippen LogP contribution in [0.2, 0.25) is 0 Å². The molecule has 0 heterocycles. The first kappa shape index (κ1) is 25.5. The lowest BCUT2D eigenvalue weighted by Crippen LogP contribution is -2.54. The van der Waals surface area contributed by atoms with E-state index in [1.54, 1.807) is 0 Å². The molecule has 4 aliphatic carbocycles. The monoisotopic (exact) mass is 456 g/mol. The zero-order valence-electron chi connectivity index (χ0n) is 23.0. The van der Waals surface area contributed by atoms with Crippen LogP contribution in [0.1, 0.15) is 120 Å². The van der Waals surface area contributed by atoms with Crippen LogP contribution in [0.3, 0.4) is 0 Å². The summed E-state index contributed by atoms with van der Waals surface area (Å²) in [6, 6.07) is 0. The van der Waals surface area contributed by atoms with Crippen LogP contribution in [0.4, 0.5) is 0 Å². The fourth-order valence-corrected chi connectivity index (χ4v) is 8.99. The molecule has 0 amide bonds. The molecule has 3 fully saturated rings. The zero-order valence-corrected chi connectivity index (χ0v) is 23.0. The molecule has 188 valence electrons. The molecule has 0 saturated heterocycles. The molecule has 4 rings (SSSR count). The predicted molar refractivity (Wildman–Crippen MR) is 138 cm³/mol. The van der Waals surface area contributed by atoms with Gasteiger partial charge in [-0.2, -0.15) is 0 Å². The number of rotatable bonds is 6. The van der Waals surface area contributed by atoms with Crippen molar-refractivity contribution in [3.05, 3.63) is 11.6 Å². The molecule has 33 heavy (non-hydrogen) atoms. The second-order valence-corrected chi connectivity index (χ2v) is 14.4. The van der Waals surface area contributed by atoms with Gasteiger partial charge in [0.05, 0.1) is 11.7 Å². The number of ether oxygens (including phenoxy) is 1. The highest BCUT2D eigenvalue weighted by atomic mass is 16.5. The second-order valence-electron chi connectivity index (χ2n) is 14.4. The Kier molecular flexibility index (Phi) is 7.03. The van der Waals surface area contributed by atoms with Crippen molar-refractivity contribution in [3.8, 4) is 0 Å². The summed E-state index contributed by atoms with van der Waals surface area (Å²) in [6.45, 7) is 18.7. The third kappa shape index (κ3) is 4.76. The summed E-state index contributed by atoms with van der Waals surface area (Å²) in [4.78, 5) is 13.7. The summed E-state index contributed by atoms with van der Waals surface area (Å²) in [7, 11) is 0. The second kappa shape index (κ2) is 9.11. The highest BCUT2D eigenvalue weighted by molar-refractivity contribution is 5.94. The average molecular weight is 457 g/mol. The Morgan fingerprint density at radius 3 is 2.39 bits per heavy atom. The first-order valence-corrected chi connectivity index (χ1v) is 14.3. The largest absolute Gasteiger partial charge is 0.372 e. The summed E-state index contributed by atoms with van der Waals surface area (Å²) >= 11 is 0. The van der Waals surface area contributed by atoms with Gasteiger partial charge in [0.1, 0.15) is 0 Å². The van der Waals surface area contributed by atoms with E-state index in [0.29, 0.717) is 23.0 Å². The van der Waals surface area contributed by atoms with Crippen molar-refractivity contribution in [3.63, 3.8) is 0 Å². The van der Waals surface area contributed by atoms with Crippen LogP contribution in [0.5, 0.6) is 0 Å². The number of allylic oxidation sites excluding steroid dienone is 1. The summed E-state index contributed by atoms with van der Waals surface area (Å²) < 4.78 is 6.36. The first-order valence-electron chi connectivity index (χ1n) is 14.3. The van der Waals surface area contributed by atoms with Gasteiger partial charge in [0.25, 0.3) is 0 Å². The van der Waals surface area contributed by atoms with E-state index in [4.69, 9.17) is 4.74 Å². The van der Waals surface area contributed by atoms with Crippen molar-refractivity contribution in [1.82, 2.24) is 0 Å². The van der Waals surface area contributed by atoms with E-state index in [0.717, 1.165) is 30.6 Å². The quantitative estimate of drug-likeness (QED) is 0.401. The molecular weight excluding hydrogens is 404 g/mol. The van der Waals surface area contributed by atoms with Gasteiger partial charge in [-0.05, 0) is 112 Å². The highest BCUT2D eigenvalue weighted by Gasteiger charge is 2.61. The molecular formula is C31H52O2. The summed E-state index contributed by atoms with van der Waals surface area (Å²) in [5.74, 6) is 4.29. The molecule has 4 aliphatic rings. The molecule has 0 aromatic rings. The zero-order chi connectivity index (χ0) is 24.2. The van der Waals surface area contributed by atoms with E-state index in [2.05, 4.69) is 61.5 Å². The molecule has 8 atom stereocenters. The van der Waals surface area contributed by atoms with Gasteiger partial charge in [-0.25, -0.2) is 0 Å². The van der Waals surface area contributed by atoms with Crippen LogP contribution in [0.25, 0.3) is 0 Å². The molecule has 0 radical (unpaired) electrons. The van der Waals surface area contributed by atoms with Crippen molar-refractivity contribution in [1.29, 1.82) is 0 Å². The van der Waals surface area contributed by atoms with Crippen molar-refractivity contribution in [2.75, 3.05) is 0 Å². The molecule has 3 saturated carbocycles. The predicted octanol–water partition coefficient (Wildman–Crippen LogP) is 8.39. The van der Waals surface area contributed by atoms with Crippen LogP contribution < -0.4 is 0 Å². The van der Waals surface area contributed by atoms with E-state index >= 15 is 0 Å². The molecule has 0 aliphatic heterocycles. The molecule has 0 N–H and O–H groups in total. The molecule has 2 nitrogen and oxygen atoms in total. The normalized spacial score (nSPS) is 41.9. The van der Waals surface area contributed by atoms with E-state index in [1.807, 2.05) is 0 Å². The maximum absolute atomic E-state index is 13.7. The van der Waals surface area contributed by atoms with Crippen LogP contribution in [0, 0.1) is 46.3 Å². The molecule has 0 unspecified atom stereocenters. The van der Waals surface area contributed by atoms with Gasteiger partial charge in [-0.3, -0.25) is 4.79 Å². The smallest absolute Gasteiger partial charge is 0.159 e. The third-order valence-electron chi connectivity index (χ3n) is 10.6. The maximum atomic E-state index is 13.7. The Morgan fingerprint density at radius 2 is 1.73 bits per heavy atom. The number of carbonyl (C=O) groups is 1. The van der Waals surface area contributed by atoms with Crippen LogP contribution >= 0.6 is 0 Å². The van der Waals surface area contributed by atoms with Crippen LogP contribution in [-0.2, 0) is 9.53 Å². The Morgan fingerprint density at radius 1 is 1.00 bits per heavy atom. The molecule has 0 spiro atoms. The average Bonchev–Trinajstić information content (AvgIpc) is 3.05. The summed E-state index contributed by atoms with van der Waals surface area (Å²) in [5, 5.41) is 0. The number of carbonyl (C=O) groups excluding carboxylic acids is 1. The SMILES string of the molecule is CC(C)CCC[C@H](C)[C@H]1CC[C@@H]2[C@@H]3C(=O)C=C4C[C@H](OC(C)(C)C)CC[C@]4(C)[C@@H]3CC[C@@]21C. The number of fused-ring (bicyclic) bond motifs is 5. The topological polar surface area (TPSA) is 26.3 Å². The van der Waals surface area contributed by atoms with Gasteiger partial charge in [-0.1, -0.05) is 59.5 Å². The summed E-state index contributed by atoms with van der Waals surface area (Å²) in [5.41, 5.74) is 1.87. The Bertz CT molecular complexity index is 757. The number of ketones is 1. The highest BCUT2D eigenvalue weighted by Crippen LogP contribution is 2.66. The lowest BCUT2D eigenvalue weighted by atomic mass is 9.46. The van der Waals surface area contributed by atoms with E-state index in [1.165, 1.54) is 56.9 Å². The van der Waals surface area contributed by atoms with Crippen molar-refractivity contribution >= 4 is 5.78 Å². The van der Waals surface area contributed by atoms with Crippen molar-refractivity contribution < 1.29 is 9.53 Å². The Hall–Kier alpha value is -0.630. The molecule has 0 bridgehead atoms. The van der Waals surface area contributed by atoms with Crippen LogP contribution in [0.15, 0.2) is 11.6 Å². The van der Waals surface area contributed by atoms with Gasteiger partial charge in [0.15, 0.2) is 5.78 Å². The lowest BCUT2D eigenvalue weighted by molar-refractivity contribution is -0.137. The van der Waals surface area contributed by atoms with Crippen molar-refractivity contribution in [2.45, 2.75) is 131 Å². The first-order chi connectivity index (χ1) is 15.3. The van der Waals surface area contributed by atoms with Crippen LogP contribution in [-0.4, -0.2) is 17.5 Å². The molecule has 0 aromatic heterocycles. The standard InChI is InChI=1S/C31H52O2/c1-20(2)10-9-11-21(3)24-12-13-25-28-26(15-17-31(24,25)8)30(7)16-14-23(33-29(4,5)6)18-22(30)19-27(28)32/h19-21,23-26,28H,9-18H2,1-8H3/t21-,23+,24+,25+,26+,28-,30-,31+/m0/s1. The van der Waals surface area contributed by atoms with Crippen molar-refractivity contribution in [2.24, 2.45) is 46.3 Å². The molecule has 2 heteroatoms. The number of hydrogen-bond donors (Lipinski definition) is 0. The minimum atomic E-state index is -0.114. The fraction of sp³-hybridized carbons (Fsp3) is 0.903. The number of hydrogen-bond acceptors (Lipinski definition) is 2. The van der Waals surface area contributed by atoms with E-state index in [-0.39, 0.29) is 23.0 Å². The molecule has 0 aromatic carbocycles. The van der Waals surface area contributed by atoms with Gasteiger partial charge in [0, 0.05) is 5.92 Å². The van der Waals surface area contributed by atoms with Gasteiger partial charge in [0.2, 0.25) is 0 Å². The van der Waals surface area contributed by atoms with Gasteiger partial charge < -0.3 is 4.74 Å². The Balaban J connectivity index is 1.51. The summed E-state index contributed by atoms with van der Waals surface area (Å²) in [6.07, 6.45) is 14.9. The minimum Gasteiger partial charge on any atom is -0.372 e. The maximum Gasteiger partial charge on any atom is 0.159 e. The van der Waals surface area contributed by atoms with E-state index in [9.17, 15) is 4.79 Å². The fourth-order valence-electron chi connectivity index (χ4n) is 8.99.